The molecule has 2 N–H and O–H groups in total. The monoisotopic (exact) mass is 257 g/mol. The molecule has 0 aromatic rings. The molecule has 0 saturated heterocycles. The van der Waals surface area contributed by atoms with Crippen LogP contribution in [-0.4, -0.2) is 34.9 Å². The first-order valence-corrected chi connectivity index (χ1v) is 6.91. The minimum absolute atomic E-state index is 0.0323. The summed E-state index contributed by atoms with van der Waals surface area (Å²) in [5.41, 5.74) is -1.07. The molecule has 0 heterocycles. The Morgan fingerprint density at radius 3 is 2.33 bits per heavy atom. The topological polar surface area (TPSA) is 58.6 Å². The van der Waals surface area contributed by atoms with Gasteiger partial charge in [-0.2, -0.15) is 0 Å². The molecule has 1 rings (SSSR count). The van der Waals surface area contributed by atoms with Crippen LogP contribution in [0.25, 0.3) is 0 Å². The summed E-state index contributed by atoms with van der Waals surface area (Å²) in [6.07, 6.45) is 4.83. The third-order valence-electron chi connectivity index (χ3n) is 3.29. The van der Waals surface area contributed by atoms with E-state index in [9.17, 15) is 9.90 Å². The third kappa shape index (κ3) is 4.25. The fraction of sp³-hybridized carbons (Fsp3) is 0.929. The average Bonchev–Trinajstić information content (AvgIpc) is 2.27. The van der Waals surface area contributed by atoms with Crippen LogP contribution in [0.2, 0.25) is 0 Å². The average molecular weight is 257 g/mol. The van der Waals surface area contributed by atoms with Gasteiger partial charge in [0.15, 0.2) is 0 Å². The summed E-state index contributed by atoms with van der Waals surface area (Å²) in [6, 6.07) is -0.0874. The van der Waals surface area contributed by atoms with E-state index in [1.807, 2.05) is 27.7 Å². The van der Waals surface area contributed by atoms with E-state index in [1.54, 1.807) is 0 Å². The van der Waals surface area contributed by atoms with Crippen LogP contribution in [0.5, 0.6) is 0 Å². The highest BCUT2D eigenvalue weighted by Crippen LogP contribution is 2.31. The lowest BCUT2D eigenvalue weighted by atomic mass is 9.81. The van der Waals surface area contributed by atoms with Crippen molar-refractivity contribution in [3.8, 4) is 0 Å². The van der Waals surface area contributed by atoms with Gasteiger partial charge in [0.25, 0.3) is 0 Å². The number of ether oxygens (including phenoxy) is 1. The summed E-state index contributed by atoms with van der Waals surface area (Å²) in [6.45, 7) is 7.58. The van der Waals surface area contributed by atoms with Crippen molar-refractivity contribution >= 4 is 5.97 Å². The zero-order valence-corrected chi connectivity index (χ0v) is 12.1. The molecular formula is C14H27NO3. The molecule has 1 aliphatic rings. The van der Waals surface area contributed by atoms with Crippen LogP contribution in [0.1, 0.15) is 59.8 Å². The van der Waals surface area contributed by atoms with E-state index in [0.717, 1.165) is 25.7 Å². The smallest absolute Gasteiger partial charge is 0.326 e. The maximum Gasteiger partial charge on any atom is 0.326 e. The highest BCUT2D eigenvalue weighted by molar-refractivity contribution is 5.81. The van der Waals surface area contributed by atoms with Crippen molar-refractivity contribution in [3.05, 3.63) is 0 Å². The SMILES string of the molecule is C[C@@H](CO)NC1(C(=O)OC(C)(C)C)CCCCC1. The van der Waals surface area contributed by atoms with Crippen LogP contribution < -0.4 is 5.32 Å². The van der Waals surface area contributed by atoms with Crippen molar-refractivity contribution < 1.29 is 14.6 Å². The van der Waals surface area contributed by atoms with Crippen LogP contribution in [0, 0.1) is 0 Å². The molecule has 0 aromatic carbocycles. The Morgan fingerprint density at radius 1 is 1.33 bits per heavy atom. The van der Waals surface area contributed by atoms with E-state index in [2.05, 4.69) is 5.32 Å². The molecule has 0 aliphatic heterocycles. The molecule has 1 atom stereocenters. The number of aliphatic hydroxyl groups excluding tert-OH is 1. The van der Waals surface area contributed by atoms with E-state index in [-0.39, 0.29) is 18.6 Å². The fourth-order valence-corrected chi connectivity index (χ4v) is 2.46. The van der Waals surface area contributed by atoms with Crippen LogP contribution in [0.15, 0.2) is 0 Å². The maximum atomic E-state index is 12.4. The Kier molecular flexibility index (Phi) is 5.17. The predicted molar refractivity (Wildman–Crippen MR) is 71.3 cm³/mol. The molecule has 4 heteroatoms. The standard InChI is InChI=1S/C14H27NO3/c1-11(10-16)15-14(8-6-5-7-9-14)12(17)18-13(2,3)4/h11,15-16H,5-10H2,1-4H3/t11-/m0/s1. The van der Waals surface area contributed by atoms with Gasteiger partial charge in [0.05, 0.1) is 6.61 Å². The first-order chi connectivity index (χ1) is 8.29. The van der Waals surface area contributed by atoms with Crippen LogP contribution >= 0.6 is 0 Å². The molecular weight excluding hydrogens is 230 g/mol. The number of aliphatic hydroxyl groups is 1. The maximum absolute atomic E-state index is 12.4. The molecule has 4 nitrogen and oxygen atoms in total. The molecule has 0 unspecified atom stereocenters. The van der Waals surface area contributed by atoms with Gasteiger partial charge < -0.3 is 9.84 Å². The molecule has 18 heavy (non-hydrogen) atoms. The number of hydrogen-bond acceptors (Lipinski definition) is 4. The Hall–Kier alpha value is -0.610. The number of nitrogens with one attached hydrogen (secondary N) is 1. The summed E-state index contributed by atoms with van der Waals surface area (Å²) in [7, 11) is 0. The van der Waals surface area contributed by atoms with Gasteiger partial charge in [0.1, 0.15) is 11.1 Å². The highest BCUT2D eigenvalue weighted by Gasteiger charge is 2.43. The normalized spacial score (nSPS) is 21.4. The van der Waals surface area contributed by atoms with Gasteiger partial charge in [-0.05, 0) is 40.5 Å². The van der Waals surface area contributed by atoms with Gasteiger partial charge in [-0.15, -0.1) is 0 Å². The van der Waals surface area contributed by atoms with Gasteiger partial charge in [-0.1, -0.05) is 19.3 Å². The molecule has 1 aliphatic carbocycles. The number of carbonyl (C=O) groups excluding carboxylic acids is 1. The second-order valence-corrected chi connectivity index (χ2v) is 6.37. The summed E-state index contributed by atoms with van der Waals surface area (Å²) in [5.74, 6) is -0.171. The summed E-state index contributed by atoms with van der Waals surface area (Å²) in [4.78, 5) is 12.4. The van der Waals surface area contributed by atoms with E-state index < -0.39 is 11.1 Å². The summed E-state index contributed by atoms with van der Waals surface area (Å²) < 4.78 is 5.54. The van der Waals surface area contributed by atoms with Crippen LogP contribution in [-0.2, 0) is 9.53 Å². The van der Waals surface area contributed by atoms with E-state index in [0.29, 0.717) is 0 Å². The van der Waals surface area contributed by atoms with Crippen molar-refractivity contribution in [2.75, 3.05) is 6.61 Å². The zero-order valence-electron chi connectivity index (χ0n) is 12.1. The van der Waals surface area contributed by atoms with Crippen molar-refractivity contribution in [2.45, 2.75) is 77.0 Å². The van der Waals surface area contributed by atoms with Crippen molar-refractivity contribution in [3.63, 3.8) is 0 Å². The summed E-state index contributed by atoms with van der Waals surface area (Å²) in [5, 5.41) is 12.5. The largest absolute Gasteiger partial charge is 0.459 e. The molecule has 0 spiro atoms. The number of hydrogen-bond donors (Lipinski definition) is 2. The van der Waals surface area contributed by atoms with Crippen molar-refractivity contribution in [1.29, 1.82) is 0 Å². The Morgan fingerprint density at radius 2 is 1.89 bits per heavy atom. The minimum atomic E-state index is -0.603. The Balaban J connectivity index is 2.79. The van der Waals surface area contributed by atoms with Crippen molar-refractivity contribution in [2.24, 2.45) is 0 Å². The molecule has 1 fully saturated rings. The lowest BCUT2D eigenvalue weighted by Crippen LogP contribution is -2.58. The van der Waals surface area contributed by atoms with Crippen LogP contribution in [0.3, 0.4) is 0 Å². The molecule has 0 radical (unpaired) electrons. The number of rotatable bonds is 4. The Labute approximate surface area is 110 Å². The van der Waals surface area contributed by atoms with Gasteiger partial charge in [0.2, 0.25) is 0 Å². The quantitative estimate of drug-likeness (QED) is 0.756. The van der Waals surface area contributed by atoms with Crippen LogP contribution in [0.4, 0.5) is 0 Å². The number of esters is 1. The first kappa shape index (κ1) is 15.4. The van der Waals surface area contributed by atoms with Gasteiger partial charge in [0, 0.05) is 6.04 Å². The van der Waals surface area contributed by atoms with E-state index >= 15 is 0 Å². The third-order valence-corrected chi connectivity index (χ3v) is 3.29. The molecule has 0 bridgehead atoms. The second-order valence-electron chi connectivity index (χ2n) is 6.37. The van der Waals surface area contributed by atoms with E-state index in [1.165, 1.54) is 6.42 Å². The molecule has 1 saturated carbocycles. The minimum Gasteiger partial charge on any atom is -0.459 e. The Bertz CT molecular complexity index is 277. The van der Waals surface area contributed by atoms with Crippen molar-refractivity contribution in [1.82, 2.24) is 5.32 Å². The zero-order chi connectivity index (χ0) is 13.8. The first-order valence-electron chi connectivity index (χ1n) is 6.91. The molecule has 0 aromatic heterocycles. The highest BCUT2D eigenvalue weighted by atomic mass is 16.6. The summed E-state index contributed by atoms with van der Waals surface area (Å²) >= 11 is 0. The fourth-order valence-electron chi connectivity index (χ4n) is 2.46. The van der Waals surface area contributed by atoms with E-state index in [4.69, 9.17) is 4.74 Å². The predicted octanol–water partition coefficient (Wildman–Crippen LogP) is 2.00. The van der Waals surface area contributed by atoms with Gasteiger partial charge in [-0.3, -0.25) is 10.1 Å². The lowest BCUT2D eigenvalue weighted by molar-refractivity contribution is -0.165. The number of carbonyl (C=O) groups is 1. The van der Waals surface area contributed by atoms with Gasteiger partial charge >= 0.3 is 5.97 Å². The molecule has 106 valence electrons. The molecule has 0 amide bonds. The second kappa shape index (κ2) is 6.02. The van der Waals surface area contributed by atoms with Gasteiger partial charge in [-0.25, -0.2) is 0 Å². The lowest BCUT2D eigenvalue weighted by Gasteiger charge is -2.39.